The molecular formula is C15H31N3. The van der Waals surface area contributed by atoms with Crippen LogP contribution in [0, 0.1) is 0 Å². The molecule has 106 valence electrons. The molecule has 0 spiro atoms. The van der Waals surface area contributed by atoms with Crippen molar-refractivity contribution in [2.45, 2.75) is 70.5 Å². The first-order valence-corrected chi connectivity index (χ1v) is 7.87. The molecule has 2 saturated heterocycles. The number of nitrogens with zero attached hydrogens (tertiary/aromatic N) is 2. The molecule has 2 aliphatic heterocycles. The van der Waals surface area contributed by atoms with E-state index in [0.29, 0.717) is 5.54 Å². The maximum absolute atomic E-state index is 6.22. The van der Waals surface area contributed by atoms with E-state index in [0.717, 1.165) is 18.6 Å². The second-order valence-electron chi connectivity index (χ2n) is 6.26. The molecule has 2 N–H and O–H groups in total. The van der Waals surface area contributed by atoms with E-state index in [-0.39, 0.29) is 0 Å². The molecular weight excluding hydrogens is 222 g/mol. The Balaban J connectivity index is 2.12. The van der Waals surface area contributed by atoms with Crippen molar-refractivity contribution in [3.05, 3.63) is 0 Å². The van der Waals surface area contributed by atoms with Gasteiger partial charge in [-0.25, -0.2) is 0 Å². The molecule has 0 amide bonds. The summed E-state index contributed by atoms with van der Waals surface area (Å²) in [5, 5.41) is 0. The van der Waals surface area contributed by atoms with Gasteiger partial charge in [0.15, 0.2) is 0 Å². The van der Waals surface area contributed by atoms with Gasteiger partial charge in [-0.15, -0.1) is 0 Å². The number of rotatable bonds is 4. The summed E-state index contributed by atoms with van der Waals surface area (Å²) >= 11 is 0. The number of likely N-dealkylation sites (tertiary alicyclic amines) is 2. The Morgan fingerprint density at radius 3 is 2.33 bits per heavy atom. The molecule has 2 unspecified atom stereocenters. The highest BCUT2D eigenvalue weighted by Crippen LogP contribution is 2.38. The van der Waals surface area contributed by atoms with Gasteiger partial charge in [0.1, 0.15) is 0 Å². The van der Waals surface area contributed by atoms with E-state index in [1.54, 1.807) is 0 Å². The second kappa shape index (κ2) is 5.89. The Kier molecular flexibility index (Phi) is 4.68. The SMILES string of the molecule is CCC1CCC(C)N1C1(CN)CCN(CC)CC1. The van der Waals surface area contributed by atoms with Crippen molar-refractivity contribution >= 4 is 0 Å². The zero-order chi connectivity index (χ0) is 13.2. The Morgan fingerprint density at radius 1 is 1.17 bits per heavy atom. The zero-order valence-corrected chi connectivity index (χ0v) is 12.5. The summed E-state index contributed by atoms with van der Waals surface area (Å²) in [6, 6.07) is 1.50. The number of piperidine rings is 1. The van der Waals surface area contributed by atoms with Gasteiger partial charge < -0.3 is 10.6 Å². The van der Waals surface area contributed by atoms with Gasteiger partial charge >= 0.3 is 0 Å². The van der Waals surface area contributed by atoms with E-state index in [1.165, 1.54) is 51.7 Å². The van der Waals surface area contributed by atoms with Crippen LogP contribution in [-0.4, -0.2) is 53.6 Å². The lowest BCUT2D eigenvalue weighted by atomic mass is 9.84. The van der Waals surface area contributed by atoms with Gasteiger partial charge in [-0.1, -0.05) is 13.8 Å². The van der Waals surface area contributed by atoms with Crippen LogP contribution in [0.5, 0.6) is 0 Å². The third-order valence-electron chi connectivity index (χ3n) is 5.42. The van der Waals surface area contributed by atoms with Gasteiger partial charge in [0.05, 0.1) is 0 Å². The summed E-state index contributed by atoms with van der Waals surface area (Å²) in [5.41, 5.74) is 6.52. The van der Waals surface area contributed by atoms with Gasteiger partial charge in [-0.3, -0.25) is 4.90 Å². The first kappa shape index (κ1) is 14.3. The second-order valence-corrected chi connectivity index (χ2v) is 6.26. The normalized spacial score (nSPS) is 34.0. The summed E-state index contributed by atoms with van der Waals surface area (Å²) in [6.07, 6.45) is 6.54. The van der Waals surface area contributed by atoms with Crippen LogP contribution < -0.4 is 5.73 Å². The monoisotopic (exact) mass is 253 g/mol. The van der Waals surface area contributed by atoms with Crippen molar-refractivity contribution in [1.82, 2.24) is 9.80 Å². The molecule has 0 aromatic heterocycles. The van der Waals surface area contributed by atoms with Crippen LogP contribution in [0.3, 0.4) is 0 Å². The number of hydrogen-bond acceptors (Lipinski definition) is 3. The van der Waals surface area contributed by atoms with Gasteiger partial charge in [0.25, 0.3) is 0 Å². The number of hydrogen-bond donors (Lipinski definition) is 1. The molecule has 0 aromatic carbocycles. The predicted octanol–water partition coefficient (Wildman–Crippen LogP) is 2.06. The fraction of sp³-hybridized carbons (Fsp3) is 1.00. The lowest BCUT2D eigenvalue weighted by molar-refractivity contribution is -0.00409. The van der Waals surface area contributed by atoms with Crippen molar-refractivity contribution < 1.29 is 0 Å². The van der Waals surface area contributed by atoms with Gasteiger partial charge in [0.2, 0.25) is 0 Å². The maximum Gasteiger partial charge on any atom is 0.0361 e. The van der Waals surface area contributed by atoms with Gasteiger partial charge in [0, 0.05) is 24.2 Å². The van der Waals surface area contributed by atoms with Crippen LogP contribution in [0.1, 0.15) is 52.9 Å². The van der Waals surface area contributed by atoms with Gasteiger partial charge in [-0.2, -0.15) is 0 Å². The van der Waals surface area contributed by atoms with Crippen molar-refractivity contribution in [1.29, 1.82) is 0 Å². The third kappa shape index (κ3) is 2.45. The third-order valence-corrected chi connectivity index (χ3v) is 5.42. The predicted molar refractivity (Wildman–Crippen MR) is 77.7 cm³/mol. The van der Waals surface area contributed by atoms with Gasteiger partial charge in [-0.05, 0) is 58.7 Å². The molecule has 0 aromatic rings. The number of nitrogens with two attached hydrogens (primary N) is 1. The van der Waals surface area contributed by atoms with Crippen LogP contribution >= 0.6 is 0 Å². The van der Waals surface area contributed by atoms with Crippen molar-refractivity contribution in [3.8, 4) is 0 Å². The minimum Gasteiger partial charge on any atom is -0.329 e. The maximum atomic E-state index is 6.22. The fourth-order valence-electron chi connectivity index (χ4n) is 4.18. The molecule has 3 nitrogen and oxygen atoms in total. The Labute approximate surface area is 113 Å². The first-order chi connectivity index (χ1) is 8.66. The van der Waals surface area contributed by atoms with Crippen LogP contribution in [0.15, 0.2) is 0 Å². The van der Waals surface area contributed by atoms with Crippen LogP contribution in [0.2, 0.25) is 0 Å². The Bertz CT molecular complexity index is 258. The lowest BCUT2D eigenvalue weighted by Gasteiger charge is -2.51. The molecule has 2 heterocycles. The standard InChI is InChI=1S/C15H31N3/c1-4-14-7-6-13(3)18(14)15(12-16)8-10-17(5-2)11-9-15/h13-14H,4-12,16H2,1-3H3. The Morgan fingerprint density at radius 2 is 1.83 bits per heavy atom. The van der Waals surface area contributed by atoms with E-state index < -0.39 is 0 Å². The van der Waals surface area contributed by atoms with E-state index in [1.807, 2.05) is 0 Å². The molecule has 2 fully saturated rings. The molecule has 0 aliphatic carbocycles. The summed E-state index contributed by atoms with van der Waals surface area (Å²) in [7, 11) is 0. The van der Waals surface area contributed by atoms with E-state index in [9.17, 15) is 0 Å². The molecule has 2 aliphatic rings. The Hall–Kier alpha value is -0.120. The molecule has 3 heteroatoms. The quantitative estimate of drug-likeness (QED) is 0.832. The molecule has 0 saturated carbocycles. The van der Waals surface area contributed by atoms with Crippen LogP contribution in [0.25, 0.3) is 0 Å². The average Bonchev–Trinajstić information content (AvgIpc) is 2.80. The minimum atomic E-state index is 0.294. The fourth-order valence-corrected chi connectivity index (χ4v) is 4.18. The summed E-state index contributed by atoms with van der Waals surface area (Å²) in [4.78, 5) is 5.37. The highest BCUT2D eigenvalue weighted by Gasteiger charge is 2.45. The van der Waals surface area contributed by atoms with E-state index in [4.69, 9.17) is 5.73 Å². The average molecular weight is 253 g/mol. The largest absolute Gasteiger partial charge is 0.329 e. The highest BCUT2D eigenvalue weighted by molar-refractivity contribution is 5.02. The van der Waals surface area contributed by atoms with Crippen molar-refractivity contribution in [2.75, 3.05) is 26.2 Å². The summed E-state index contributed by atoms with van der Waals surface area (Å²) < 4.78 is 0. The van der Waals surface area contributed by atoms with Crippen molar-refractivity contribution in [3.63, 3.8) is 0 Å². The van der Waals surface area contributed by atoms with Crippen molar-refractivity contribution in [2.24, 2.45) is 5.73 Å². The molecule has 2 rings (SSSR count). The summed E-state index contributed by atoms with van der Waals surface area (Å²) in [6.45, 7) is 11.5. The molecule has 0 radical (unpaired) electrons. The topological polar surface area (TPSA) is 32.5 Å². The highest BCUT2D eigenvalue weighted by atomic mass is 15.3. The minimum absolute atomic E-state index is 0.294. The van der Waals surface area contributed by atoms with Crippen LogP contribution in [-0.2, 0) is 0 Å². The molecule has 0 bridgehead atoms. The van der Waals surface area contributed by atoms with Crippen LogP contribution in [0.4, 0.5) is 0 Å². The van der Waals surface area contributed by atoms with E-state index in [2.05, 4.69) is 30.6 Å². The molecule has 2 atom stereocenters. The smallest absolute Gasteiger partial charge is 0.0361 e. The van der Waals surface area contributed by atoms with E-state index >= 15 is 0 Å². The summed E-state index contributed by atoms with van der Waals surface area (Å²) in [5.74, 6) is 0. The first-order valence-electron chi connectivity index (χ1n) is 7.87. The zero-order valence-electron chi connectivity index (χ0n) is 12.5. The lowest BCUT2D eigenvalue weighted by Crippen LogP contribution is -2.62. The molecule has 18 heavy (non-hydrogen) atoms.